The molecule has 0 aliphatic heterocycles. The summed E-state index contributed by atoms with van der Waals surface area (Å²) in [6.07, 6.45) is -4.03. The van der Waals surface area contributed by atoms with Crippen LogP contribution in [-0.4, -0.2) is 37.9 Å². The van der Waals surface area contributed by atoms with Gasteiger partial charge in [-0.2, -0.15) is 18.4 Å². The molecule has 1 aromatic heterocycles. The van der Waals surface area contributed by atoms with Crippen LogP contribution in [0.3, 0.4) is 0 Å². The van der Waals surface area contributed by atoms with Crippen molar-refractivity contribution in [2.75, 3.05) is 18.7 Å². The van der Waals surface area contributed by atoms with Gasteiger partial charge in [0, 0.05) is 11.9 Å². The van der Waals surface area contributed by atoms with E-state index in [1.807, 2.05) is 0 Å². The Morgan fingerprint density at radius 1 is 1.17 bits per heavy atom. The highest BCUT2D eigenvalue weighted by Crippen LogP contribution is 2.38. The van der Waals surface area contributed by atoms with Gasteiger partial charge >= 0.3 is 6.18 Å². The number of aromatic nitrogens is 2. The monoisotopic (exact) mass is 524 g/mol. The van der Waals surface area contributed by atoms with Gasteiger partial charge in [0.2, 0.25) is 0 Å². The number of methoxy groups -OCH3 is 1. The molecule has 3 aromatic rings. The summed E-state index contributed by atoms with van der Waals surface area (Å²) >= 11 is 0. The molecule has 3 rings (SSSR count). The molecule has 188 valence electrons. The molecule has 0 unspecified atom stereocenters. The van der Waals surface area contributed by atoms with E-state index in [9.17, 15) is 30.8 Å². The zero-order valence-corrected chi connectivity index (χ0v) is 19.6. The average molecular weight is 524 g/mol. The Morgan fingerprint density at radius 2 is 1.86 bits per heavy atom. The molecule has 0 spiro atoms. The van der Waals surface area contributed by atoms with E-state index in [2.05, 4.69) is 15.5 Å². The minimum Gasteiger partial charge on any atom is -0.490 e. The molecular weight excluding hydrogens is 508 g/mol. The molecular formula is C22H16F4N4O5S. The van der Waals surface area contributed by atoms with Crippen molar-refractivity contribution in [3.8, 4) is 23.4 Å². The van der Waals surface area contributed by atoms with Crippen molar-refractivity contribution < 1.29 is 40.2 Å². The molecule has 0 radical (unpaired) electrons. The summed E-state index contributed by atoms with van der Waals surface area (Å²) in [5.41, 5.74) is -3.26. The summed E-state index contributed by atoms with van der Waals surface area (Å²) in [5, 5.41) is 17.8. The number of carbonyl (C=O) groups is 1. The Labute approximate surface area is 202 Å². The van der Waals surface area contributed by atoms with Crippen molar-refractivity contribution >= 4 is 21.4 Å². The maximum absolute atomic E-state index is 14.5. The van der Waals surface area contributed by atoms with Crippen molar-refractivity contribution in [1.82, 2.24) is 10.2 Å². The number of benzene rings is 2. The third-order valence-electron chi connectivity index (χ3n) is 4.79. The third kappa shape index (κ3) is 5.36. The van der Waals surface area contributed by atoms with Gasteiger partial charge in [-0.05, 0) is 42.8 Å². The summed E-state index contributed by atoms with van der Waals surface area (Å²) in [7, 11) is -2.58. The van der Waals surface area contributed by atoms with Crippen molar-refractivity contribution in [3.05, 3.63) is 64.6 Å². The lowest BCUT2D eigenvalue weighted by Gasteiger charge is -2.17. The molecule has 0 atom stereocenters. The second-order valence-electron chi connectivity index (χ2n) is 7.28. The molecule has 0 aliphatic carbocycles. The first kappa shape index (κ1) is 26.4. The fourth-order valence-corrected chi connectivity index (χ4v) is 3.77. The highest BCUT2D eigenvalue weighted by atomic mass is 32.2. The standard InChI is InChI=1S/C22H16F4N4O5S/c1-11-16(20(31)28-13-5-4-6-14(9-13)36(3,32)33)21(30-29-19(11)22(24,25)26)35-15-8-7-12(10-27)17(23)18(15)34-2/h4-9H,1-3H3,(H,28,31). The maximum Gasteiger partial charge on any atom is 0.435 e. The molecule has 14 heteroatoms. The normalized spacial score (nSPS) is 11.5. The predicted molar refractivity (Wildman–Crippen MR) is 117 cm³/mol. The molecule has 9 nitrogen and oxygen atoms in total. The topological polar surface area (TPSA) is 131 Å². The molecule has 2 aromatic carbocycles. The number of carbonyl (C=O) groups excluding carboxylic acids is 1. The second kappa shape index (κ2) is 9.78. The Bertz CT molecular complexity index is 1500. The van der Waals surface area contributed by atoms with Gasteiger partial charge in [-0.15, -0.1) is 10.2 Å². The Hall–Kier alpha value is -4.25. The number of hydrogen-bond acceptors (Lipinski definition) is 8. The van der Waals surface area contributed by atoms with Crippen molar-refractivity contribution in [2.24, 2.45) is 0 Å². The smallest absolute Gasteiger partial charge is 0.435 e. The van der Waals surface area contributed by atoms with Crippen LogP contribution in [-0.2, 0) is 16.0 Å². The van der Waals surface area contributed by atoms with Crippen LogP contribution in [0.2, 0.25) is 0 Å². The minimum absolute atomic E-state index is 0.0411. The second-order valence-corrected chi connectivity index (χ2v) is 9.29. The number of alkyl halides is 3. The maximum atomic E-state index is 14.5. The highest BCUT2D eigenvalue weighted by molar-refractivity contribution is 7.90. The van der Waals surface area contributed by atoms with Crippen LogP contribution < -0.4 is 14.8 Å². The van der Waals surface area contributed by atoms with E-state index in [4.69, 9.17) is 14.7 Å². The van der Waals surface area contributed by atoms with Gasteiger partial charge in [0.15, 0.2) is 32.8 Å². The lowest BCUT2D eigenvalue weighted by molar-refractivity contribution is -0.142. The van der Waals surface area contributed by atoms with Crippen LogP contribution in [0.1, 0.15) is 27.2 Å². The Morgan fingerprint density at radius 3 is 2.44 bits per heavy atom. The molecule has 0 saturated heterocycles. The number of halogens is 4. The fourth-order valence-electron chi connectivity index (χ4n) is 3.10. The van der Waals surface area contributed by atoms with Crippen molar-refractivity contribution in [3.63, 3.8) is 0 Å². The van der Waals surface area contributed by atoms with Crippen molar-refractivity contribution in [1.29, 1.82) is 5.26 Å². The van der Waals surface area contributed by atoms with Crippen LogP contribution in [0, 0.1) is 24.1 Å². The van der Waals surface area contributed by atoms with E-state index in [0.717, 1.165) is 38.5 Å². The highest BCUT2D eigenvalue weighted by Gasteiger charge is 2.38. The molecule has 0 aliphatic rings. The predicted octanol–water partition coefficient (Wildman–Crippen LogP) is 4.27. The van der Waals surface area contributed by atoms with Gasteiger partial charge in [0.05, 0.1) is 17.6 Å². The van der Waals surface area contributed by atoms with Crippen LogP contribution >= 0.6 is 0 Å². The average Bonchev–Trinajstić information content (AvgIpc) is 2.78. The van der Waals surface area contributed by atoms with Crippen LogP contribution in [0.4, 0.5) is 23.2 Å². The first-order chi connectivity index (χ1) is 16.8. The largest absolute Gasteiger partial charge is 0.490 e. The van der Waals surface area contributed by atoms with Crippen molar-refractivity contribution in [2.45, 2.75) is 18.0 Å². The lowest BCUT2D eigenvalue weighted by Crippen LogP contribution is -2.21. The molecule has 1 N–H and O–H groups in total. The quantitative estimate of drug-likeness (QED) is 0.473. The van der Waals surface area contributed by atoms with Gasteiger partial charge in [-0.25, -0.2) is 12.8 Å². The van der Waals surface area contributed by atoms with E-state index in [0.29, 0.717) is 0 Å². The van der Waals surface area contributed by atoms with Gasteiger partial charge in [-0.1, -0.05) is 6.07 Å². The molecule has 36 heavy (non-hydrogen) atoms. The van der Waals surface area contributed by atoms with E-state index in [1.54, 1.807) is 6.07 Å². The Kier molecular flexibility index (Phi) is 7.16. The summed E-state index contributed by atoms with van der Waals surface area (Å²) in [5.74, 6) is -3.91. The van der Waals surface area contributed by atoms with E-state index < -0.39 is 67.5 Å². The Balaban J connectivity index is 2.13. The number of anilines is 1. The van der Waals surface area contributed by atoms with Gasteiger partial charge in [0.25, 0.3) is 11.8 Å². The first-order valence-electron chi connectivity index (χ1n) is 9.78. The number of rotatable bonds is 6. The first-order valence-corrected chi connectivity index (χ1v) is 11.7. The third-order valence-corrected chi connectivity index (χ3v) is 5.90. The number of amides is 1. The zero-order chi connectivity index (χ0) is 26.8. The molecule has 1 heterocycles. The number of nitrogens with one attached hydrogen (secondary N) is 1. The number of nitriles is 1. The number of hydrogen-bond donors (Lipinski definition) is 1. The fraction of sp³-hybridized carbons (Fsp3) is 0.182. The van der Waals surface area contributed by atoms with Gasteiger partial charge in [-0.3, -0.25) is 4.79 Å². The molecule has 0 bridgehead atoms. The zero-order valence-electron chi connectivity index (χ0n) is 18.8. The van der Waals surface area contributed by atoms with E-state index in [1.165, 1.54) is 18.2 Å². The van der Waals surface area contributed by atoms with Crippen LogP contribution in [0.15, 0.2) is 41.3 Å². The number of nitrogens with zero attached hydrogens (tertiary/aromatic N) is 3. The number of sulfone groups is 1. The van der Waals surface area contributed by atoms with Gasteiger partial charge < -0.3 is 14.8 Å². The summed E-state index contributed by atoms with van der Waals surface area (Å²) in [4.78, 5) is 12.9. The van der Waals surface area contributed by atoms with E-state index >= 15 is 0 Å². The SMILES string of the molecule is COc1c(Oc2nnc(C(F)(F)F)c(C)c2C(=O)Nc2cccc(S(C)(=O)=O)c2)ccc(C#N)c1F. The number of ether oxygens (including phenoxy) is 2. The summed E-state index contributed by atoms with van der Waals surface area (Å²) in [6.45, 7) is 0.961. The van der Waals surface area contributed by atoms with Crippen LogP contribution in [0.25, 0.3) is 0 Å². The summed E-state index contributed by atoms with van der Waals surface area (Å²) in [6, 6.07) is 8.76. The molecule has 1 amide bonds. The van der Waals surface area contributed by atoms with Gasteiger partial charge in [0.1, 0.15) is 11.6 Å². The van der Waals surface area contributed by atoms with Crippen LogP contribution in [0.5, 0.6) is 17.4 Å². The minimum atomic E-state index is -4.97. The van der Waals surface area contributed by atoms with E-state index in [-0.39, 0.29) is 10.6 Å². The molecule has 0 fully saturated rings. The summed E-state index contributed by atoms with van der Waals surface area (Å²) < 4.78 is 88.8. The molecule has 0 saturated carbocycles. The lowest BCUT2D eigenvalue weighted by atomic mass is 10.1.